The number of aliphatic hydroxyl groups is 1. The molecule has 0 aromatic heterocycles. The largest absolute Gasteiger partial charge is 0.396 e. The van der Waals surface area contributed by atoms with Crippen molar-refractivity contribution < 1.29 is 14.6 Å². The second-order valence-electron chi connectivity index (χ2n) is 2.56. The van der Waals surface area contributed by atoms with E-state index in [0.29, 0.717) is 12.7 Å². The van der Waals surface area contributed by atoms with Crippen molar-refractivity contribution in [3.63, 3.8) is 0 Å². The van der Waals surface area contributed by atoms with Crippen LogP contribution in [0.3, 0.4) is 0 Å². The van der Waals surface area contributed by atoms with Crippen LogP contribution in [0, 0.1) is 5.92 Å². The van der Waals surface area contributed by atoms with Gasteiger partial charge in [0.2, 0.25) is 0 Å². The minimum atomic E-state index is 0.258. The maximum absolute atomic E-state index is 8.61. The van der Waals surface area contributed by atoms with Crippen LogP contribution in [0.4, 0.5) is 0 Å². The molecule has 10 heavy (non-hydrogen) atoms. The van der Waals surface area contributed by atoms with Gasteiger partial charge in [-0.2, -0.15) is 0 Å². The van der Waals surface area contributed by atoms with Crippen molar-refractivity contribution in [2.75, 3.05) is 26.6 Å². The Balaban J connectivity index is 2.15. The maximum Gasteiger partial charge on any atom is 0.146 e. The van der Waals surface area contributed by atoms with Crippen molar-refractivity contribution in [2.24, 2.45) is 5.92 Å². The Labute approximate surface area is 60.9 Å². The van der Waals surface area contributed by atoms with Crippen LogP contribution in [0.25, 0.3) is 0 Å². The lowest BCUT2D eigenvalue weighted by molar-refractivity contribution is -0.0360. The van der Waals surface area contributed by atoms with Crippen LogP contribution in [0.2, 0.25) is 0 Å². The molecule has 3 heteroatoms. The highest BCUT2D eigenvalue weighted by atomic mass is 16.7. The lowest BCUT2D eigenvalue weighted by Gasteiger charge is -2.09. The van der Waals surface area contributed by atoms with Gasteiger partial charge in [-0.05, 0) is 18.8 Å². The molecule has 0 saturated carbocycles. The molecule has 0 spiro atoms. The molecule has 0 aliphatic carbocycles. The summed E-state index contributed by atoms with van der Waals surface area (Å²) in [6, 6.07) is 0. The number of rotatable bonds is 2. The van der Waals surface area contributed by atoms with Gasteiger partial charge in [0.15, 0.2) is 0 Å². The Bertz CT molecular complexity index is 76.9. The van der Waals surface area contributed by atoms with Crippen LogP contribution >= 0.6 is 0 Å². The summed E-state index contributed by atoms with van der Waals surface area (Å²) in [6.45, 7) is 2.18. The molecule has 0 amide bonds. The first-order valence-corrected chi connectivity index (χ1v) is 3.70. The van der Waals surface area contributed by atoms with Crippen molar-refractivity contribution in [3.8, 4) is 0 Å². The quantitative estimate of drug-likeness (QED) is 0.612. The van der Waals surface area contributed by atoms with Gasteiger partial charge < -0.3 is 14.6 Å². The second-order valence-corrected chi connectivity index (χ2v) is 2.56. The summed E-state index contributed by atoms with van der Waals surface area (Å²) in [7, 11) is 0. The molecule has 0 aromatic carbocycles. The van der Waals surface area contributed by atoms with Gasteiger partial charge in [0.05, 0.1) is 6.61 Å². The summed E-state index contributed by atoms with van der Waals surface area (Å²) in [5.74, 6) is 0.493. The van der Waals surface area contributed by atoms with E-state index in [1.54, 1.807) is 0 Å². The molecule has 1 aliphatic rings. The fourth-order valence-corrected chi connectivity index (χ4v) is 1.08. The third kappa shape index (κ3) is 2.64. The second kappa shape index (κ2) is 4.66. The van der Waals surface area contributed by atoms with E-state index < -0.39 is 0 Å². The average Bonchev–Trinajstić information content (AvgIpc) is 2.17. The highest BCUT2D eigenvalue weighted by Gasteiger charge is 2.11. The van der Waals surface area contributed by atoms with Gasteiger partial charge in [0.25, 0.3) is 0 Å². The normalized spacial score (nSPS) is 27.9. The van der Waals surface area contributed by atoms with E-state index in [1.165, 1.54) is 0 Å². The first-order chi connectivity index (χ1) is 4.93. The summed E-state index contributed by atoms with van der Waals surface area (Å²) in [6.07, 6.45) is 1.85. The molecule has 60 valence electrons. The van der Waals surface area contributed by atoms with Gasteiger partial charge in [0.1, 0.15) is 6.79 Å². The van der Waals surface area contributed by atoms with E-state index in [2.05, 4.69) is 0 Å². The van der Waals surface area contributed by atoms with Crippen molar-refractivity contribution >= 4 is 0 Å². The lowest BCUT2D eigenvalue weighted by Crippen LogP contribution is -2.09. The fourth-order valence-electron chi connectivity index (χ4n) is 1.08. The summed E-state index contributed by atoms with van der Waals surface area (Å²) in [5.41, 5.74) is 0. The highest BCUT2D eigenvalue weighted by Crippen LogP contribution is 2.11. The Morgan fingerprint density at radius 1 is 1.40 bits per heavy atom. The topological polar surface area (TPSA) is 38.7 Å². The van der Waals surface area contributed by atoms with E-state index in [4.69, 9.17) is 14.6 Å². The number of hydrogen-bond acceptors (Lipinski definition) is 3. The van der Waals surface area contributed by atoms with Crippen molar-refractivity contribution in [1.82, 2.24) is 0 Å². The Morgan fingerprint density at radius 2 is 2.30 bits per heavy atom. The standard InChI is InChI=1S/C7H14O3/c8-3-1-7-2-4-9-6-10-5-7/h7-8H,1-6H2. The smallest absolute Gasteiger partial charge is 0.146 e. The minimum absolute atomic E-state index is 0.258. The van der Waals surface area contributed by atoms with E-state index in [-0.39, 0.29) is 6.61 Å². The molecule has 0 aromatic rings. The monoisotopic (exact) mass is 146 g/mol. The van der Waals surface area contributed by atoms with Crippen LogP contribution in [-0.2, 0) is 9.47 Å². The van der Waals surface area contributed by atoms with Gasteiger partial charge >= 0.3 is 0 Å². The zero-order valence-electron chi connectivity index (χ0n) is 6.08. The number of ether oxygens (including phenoxy) is 2. The molecule has 1 atom stereocenters. The van der Waals surface area contributed by atoms with Gasteiger partial charge in [-0.25, -0.2) is 0 Å². The third-order valence-corrected chi connectivity index (χ3v) is 1.73. The van der Waals surface area contributed by atoms with Crippen LogP contribution in [0.1, 0.15) is 12.8 Å². The molecule has 1 unspecified atom stereocenters. The van der Waals surface area contributed by atoms with Crippen molar-refractivity contribution in [2.45, 2.75) is 12.8 Å². The molecule has 1 saturated heterocycles. The molecule has 0 bridgehead atoms. The van der Waals surface area contributed by atoms with Crippen LogP contribution in [-0.4, -0.2) is 31.7 Å². The molecule has 1 fully saturated rings. The predicted molar refractivity (Wildman–Crippen MR) is 36.6 cm³/mol. The SMILES string of the molecule is OCCC1CCOCOC1. The van der Waals surface area contributed by atoms with E-state index >= 15 is 0 Å². The first kappa shape index (κ1) is 7.98. The zero-order valence-corrected chi connectivity index (χ0v) is 6.08. The van der Waals surface area contributed by atoms with E-state index in [1.807, 2.05) is 0 Å². The van der Waals surface area contributed by atoms with Crippen LogP contribution in [0.5, 0.6) is 0 Å². The first-order valence-electron chi connectivity index (χ1n) is 3.70. The summed E-state index contributed by atoms with van der Waals surface area (Å²) >= 11 is 0. The number of hydrogen-bond donors (Lipinski definition) is 1. The molecule has 1 rings (SSSR count). The summed E-state index contributed by atoms with van der Waals surface area (Å²) in [4.78, 5) is 0. The van der Waals surface area contributed by atoms with Gasteiger partial charge in [-0.3, -0.25) is 0 Å². The van der Waals surface area contributed by atoms with Gasteiger partial charge in [0, 0.05) is 13.2 Å². The Morgan fingerprint density at radius 3 is 3.10 bits per heavy atom. The molecule has 1 N–H and O–H groups in total. The number of aliphatic hydroxyl groups excluding tert-OH is 1. The highest BCUT2D eigenvalue weighted by molar-refractivity contribution is 4.58. The molecule has 3 nitrogen and oxygen atoms in total. The molecule has 1 heterocycles. The molecule has 1 aliphatic heterocycles. The molecular formula is C7H14O3. The third-order valence-electron chi connectivity index (χ3n) is 1.73. The van der Waals surface area contributed by atoms with Gasteiger partial charge in [-0.1, -0.05) is 0 Å². The molecule has 0 radical (unpaired) electrons. The Kier molecular flexibility index (Phi) is 3.72. The fraction of sp³-hybridized carbons (Fsp3) is 1.00. The minimum Gasteiger partial charge on any atom is -0.396 e. The summed E-state index contributed by atoms with van der Waals surface area (Å²) < 4.78 is 10.2. The average molecular weight is 146 g/mol. The predicted octanol–water partition coefficient (Wildman–Crippen LogP) is 0.379. The summed E-state index contributed by atoms with van der Waals surface area (Å²) in [5, 5.41) is 8.61. The van der Waals surface area contributed by atoms with E-state index in [0.717, 1.165) is 26.1 Å². The zero-order chi connectivity index (χ0) is 7.23. The van der Waals surface area contributed by atoms with Crippen LogP contribution < -0.4 is 0 Å². The molecular weight excluding hydrogens is 132 g/mol. The van der Waals surface area contributed by atoms with Crippen molar-refractivity contribution in [1.29, 1.82) is 0 Å². The van der Waals surface area contributed by atoms with Crippen molar-refractivity contribution in [3.05, 3.63) is 0 Å². The lowest BCUT2D eigenvalue weighted by atomic mass is 10.0. The van der Waals surface area contributed by atoms with Crippen LogP contribution in [0.15, 0.2) is 0 Å². The van der Waals surface area contributed by atoms with E-state index in [9.17, 15) is 0 Å². The van der Waals surface area contributed by atoms with Gasteiger partial charge in [-0.15, -0.1) is 0 Å². The Hall–Kier alpha value is -0.120. The maximum atomic E-state index is 8.61.